The summed E-state index contributed by atoms with van der Waals surface area (Å²) in [5.74, 6) is 0.581. The minimum absolute atomic E-state index is 0.127. The summed E-state index contributed by atoms with van der Waals surface area (Å²) in [4.78, 5) is 19.4. The highest BCUT2D eigenvalue weighted by Gasteiger charge is 2.01. The van der Waals surface area contributed by atoms with E-state index in [9.17, 15) is 4.79 Å². The van der Waals surface area contributed by atoms with Gasteiger partial charge in [-0.1, -0.05) is 12.8 Å². The van der Waals surface area contributed by atoms with Gasteiger partial charge < -0.3 is 22.9 Å². The van der Waals surface area contributed by atoms with Crippen LogP contribution in [0, 0.1) is 0 Å². The number of carbonyl (C=O) groups excluding carboxylic acids is 1. The first-order chi connectivity index (χ1) is 11.5. The van der Waals surface area contributed by atoms with Crippen LogP contribution in [0.25, 0.3) is 0 Å². The van der Waals surface area contributed by atoms with Crippen LogP contribution < -0.4 is 22.9 Å². The van der Waals surface area contributed by atoms with Crippen LogP contribution >= 0.6 is 0 Å². The molecule has 0 aromatic carbocycles. The number of unbranched alkanes of at least 4 members (excludes halogenated alkanes) is 4. The SMILES string of the molecule is NC(N)=NCCCCCC(=O)CCCCCN=C(N)N.O=S(=O)(O)O. The van der Waals surface area contributed by atoms with E-state index >= 15 is 0 Å². The largest absolute Gasteiger partial charge is 0.394 e. The van der Waals surface area contributed by atoms with E-state index in [1.54, 1.807) is 0 Å². The molecule has 0 aliphatic rings. The van der Waals surface area contributed by atoms with Crippen molar-refractivity contribution in [1.29, 1.82) is 0 Å². The summed E-state index contributed by atoms with van der Waals surface area (Å²) in [7, 11) is -4.67. The van der Waals surface area contributed by atoms with Crippen molar-refractivity contribution in [2.24, 2.45) is 32.9 Å². The fourth-order valence-electron chi connectivity index (χ4n) is 1.76. The van der Waals surface area contributed by atoms with Crippen molar-refractivity contribution in [3.05, 3.63) is 0 Å². The van der Waals surface area contributed by atoms with Crippen molar-refractivity contribution in [2.75, 3.05) is 13.1 Å². The zero-order chi connectivity index (χ0) is 19.7. The van der Waals surface area contributed by atoms with E-state index in [0.717, 1.165) is 38.5 Å². The normalized spacial score (nSPS) is 10.3. The first-order valence-electron chi connectivity index (χ1n) is 7.84. The van der Waals surface area contributed by atoms with Gasteiger partial charge >= 0.3 is 10.4 Å². The summed E-state index contributed by atoms with van der Waals surface area (Å²) in [6, 6.07) is 0. The van der Waals surface area contributed by atoms with E-state index in [4.69, 9.17) is 40.5 Å². The van der Waals surface area contributed by atoms with Crippen LogP contribution in [0.5, 0.6) is 0 Å². The van der Waals surface area contributed by atoms with Gasteiger partial charge in [-0.25, -0.2) is 0 Å². The van der Waals surface area contributed by atoms with Crippen LogP contribution in [0.4, 0.5) is 0 Å². The van der Waals surface area contributed by atoms with E-state index in [1.807, 2.05) is 0 Å². The minimum Gasteiger partial charge on any atom is -0.370 e. The summed E-state index contributed by atoms with van der Waals surface area (Å²) < 4.78 is 31.6. The average molecular weight is 382 g/mol. The van der Waals surface area contributed by atoms with Gasteiger partial charge in [0.25, 0.3) is 0 Å². The zero-order valence-corrected chi connectivity index (χ0v) is 15.1. The lowest BCUT2D eigenvalue weighted by atomic mass is 10.1. The van der Waals surface area contributed by atoms with Crippen LogP contribution in [-0.4, -0.2) is 48.3 Å². The first kappa shape index (κ1) is 25.3. The quantitative estimate of drug-likeness (QED) is 0.111. The molecular formula is C13H30N6O5S. The fraction of sp³-hybridized carbons (Fsp3) is 0.769. The number of ketones is 1. The van der Waals surface area contributed by atoms with Crippen molar-refractivity contribution >= 4 is 28.1 Å². The number of guanidine groups is 2. The zero-order valence-electron chi connectivity index (χ0n) is 14.3. The molecule has 0 radical (unpaired) electrons. The van der Waals surface area contributed by atoms with Crippen molar-refractivity contribution in [3.8, 4) is 0 Å². The molecule has 0 saturated carbocycles. The lowest BCUT2D eigenvalue weighted by Gasteiger charge is -2.01. The van der Waals surface area contributed by atoms with Gasteiger partial charge in [0, 0.05) is 25.9 Å². The Balaban J connectivity index is 0. The predicted molar refractivity (Wildman–Crippen MR) is 97.5 cm³/mol. The number of aliphatic imine (C=N–C) groups is 2. The molecular weight excluding hydrogens is 352 g/mol. The van der Waals surface area contributed by atoms with Gasteiger partial charge in [-0.15, -0.1) is 0 Å². The predicted octanol–water partition coefficient (Wildman–Crippen LogP) is -0.430. The molecule has 0 bridgehead atoms. The van der Waals surface area contributed by atoms with E-state index in [1.165, 1.54) is 0 Å². The van der Waals surface area contributed by atoms with Crippen molar-refractivity contribution in [3.63, 3.8) is 0 Å². The van der Waals surface area contributed by atoms with E-state index in [0.29, 0.717) is 31.7 Å². The lowest BCUT2D eigenvalue weighted by Crippen LogP contribution is -2.22. The Kier molecular flexibility index (Phi) is 15.8. The molecule has 0 fully saturated rings. The maximum Gasteiger partial charge on any atom is 0.394 e. The third-order valence-corrected chi connectivity index (χ3v) is 2.82. The number of rotatable bonds is 12. The monoisotopic (exact) mass is 382 g/mol. The average Bonchev–Trinajstić information content (AvgIpc) is 2.44. The molecule has 0 aliphatic carbocycles. The number of Topliss-reactive ketones (excluding diaryl/α,β-unsaturated/α-hetero) is 1. The number of nitrogens with zero attached hydrogens (tertiary/aromatic N) is 2. The summed E-state index contributed by atoms with van der Waals surface area (Å²) in [5.41, 5.74) is 20.9. The fourth-order valence-corrected chi connectivity index (χ4v) is 1.76. The molecule has 12 heteroatoms. The number of hydrogen-bond acceptors (Lipinski definition) is 5. The van der Waals surface area contributed by atoms with Gasteiger partial charge in [-0.3, -0.25) is 23.9 Å². The Morgan fingerprint density at radius 2 is 1.04 bits per heavy atom. The second-order valence-electron chi connectivity index (χ2n) is 5.22. The standard InChI is InChI=1S/C13H28N6O.H2O4S/c14-12(15)18-9-5-1-3-7-11(20)8-4-2-6-10-19-13(16)17;1-5(2,3)4/h1-10H2,(H4,14,15,18)(H4,16,17,19);(H2,1,2,3,4). The van der Waals surface area contributed by atoms with Crippen molar-refractivity contribution in [1.82, 2.24) is 0 Å². The van der Waals surface area contributed by atoms with Crippen LogP contribution in [0.2, 0.25) is 0 Å². The number of carbonyl (C=O) groups is 1. The Morgan fingerprint density at radius 1 is 0.720 bits per heavy atom. The van der Waals surface area contributed by atoms with E-state index in [-0.39, 0.29) is 11.9 Å². The molecule has 148 valence electrons. The molecule has 0 saturated heterocycles. The first-order valence-corrected chi connectivity index (χ1v) is 9.24. The second kappa shape index (κ2) is 15.6. The second-order valence-corrected chi connectivity index (χ2v) is 6.12. The topological polar surface area (TPSA) is 220 Å². The third-order valence-electron chi connectivity index (χ3n) is 2.82. The Hall–Kier alpha value is -1.92. The Morgan fingerprint density at radius 3 is 1.32 bits per heavy atom. The van der Waals surface area contributed by atoms with Gasteiger partial charge in [-0.05, 0) is 25.7 Å². The minimum atomic E-state index is -4.67. The van der Waals surface area contributed by atoms with E-state index in [2.05, 4.69) is 9.98 Å². The van der Waals surface area contributed by atoms with Gasteiger partial charge in [0.1, 0.15) is 5.78 Å². The van der Waals surface area contributed by atoms with Crippen LogP contribution in [0.3, 0.4) is 0 Å². The van der Waals surface area contributed by atoms with Crippen molar-refractivity contribution in [2.45, 2.75) is 51.4 Å². The molecule has 10 N–H and O–H groups in total. The molecule has 0 amide bonds. The maximum atomic E-state index is 11.6. The molecule has 0 aromatic heterocycles. The smallest absolute Gasteiger partial charge is 0.370 e. The summed E-state index contributed by atoms with van der Waals surface area (Å²) in [6.07, 6.45) is 6.92. The molecule has 0 unspecified atom stereocenters. The highest BCUT2D eigenvalue weighted by molar-refractivity contribution is 7.79. The summed E-state index contributed by atoms with van der Waals surface area (Å²) in [5, 5.41) is 0. The molecule has 11 nitrogen and oxygen atoms in total. The lowest BCUT2D eigenvalue weighted by molar-refractivity contribution is -0.119. The van der Waals surface area contributed by atoms with Crippen LogP contribution in [0.15, 0.2) is 9.98 Å². The van der Waals surface area contributed by atoms with Crippen LogP contribution in [0.1, 0.15) is 51.4 Å². The molecule has 0 aromatic rings. The van der Waals surface area contributed by atoms with Gasteiger partial charge in [0.15, 0.2) is 11.9 Å². The van der Waals surface area contributed by atoms with E-state index < -0.39 is 10.4 Å². The summed E-state index contributed by atoms with van der Waals surface area (Å²) in [6.45, 7) is 1.28. The Labute approximate surface area is 148 Å². The van der Waals surface area contributed by atoms with Gasteiger partial charge in [0.2, 0.25) is 0 Å². The molecule has 0 spiro atoms. The van der Waals surface area contributed by atoms with Gasteiger partial charge in [0.05, 0.1) is 0 Å². The third kappa shape index (κ3) is 34.4. The highest BCUT2D eigenvalue weighted by atomic mass is 32.3. The van der Waals surface area contributed by atoms with Gasteiger partial charge in [-0.2, -0.15) is 8.42 Å². The Bertz CT molecular complexity index is 475. The molecule has 0 atom stereocenters. The highest BCUT2D eigenvalue weighted by Crippen LogP contribution is 2.07. The summed E-state index contributed by atoms with van der Waals surface area (Å²) >= 11 is 0. The van der Waals surface area contributed by atoms with Crippen LogP contribution in [-0.2, 0) is 15.2 Å². The molecule has 0 rings (SSSR count). The van der Waals surface area contributed by atoms with Crippen molar-refractivity contribution < 1.29 is 22.3 Å². The molecule has 0 heterocycles. The number of hydrogen-bond donors (Lipinski definition) is 6. The molecule has 0 aliphatic heterocycles. The molecule has 25 heavy (non-hydrogen) atoms. The number of nitrogens with two attached hydrogens (primary N) is 4. The maximum absolute atomic E-state index is 11.6.